The molecule has 0 aromatic rings. The van der Waals surface area contributed by atoms with E-state index in [1.54, 1.807) is 0 Å². The van der Waals surface area contributed by atoms with Crippen LogP contribution in [-0.4, -0.2) is 65.7 Å². The van der Waals surface area contributed by atoms with Crippen LogP contribution in [0.4, 0.5) is 0 Å². The fourth-order valence-corrected chi connectivity index (χ4v) is 9.67. The molecule has 11 heteroatoms. The highest BCUT2D eigenvalue weighted by molar-refractivity contribution is 7.47. The van der Waals surface area contributed by atoms with Crippen LogP contribution < -0.4 is 0 Å². The number of unbranched alkanes of at least 4 members (excludes halogenated alkanes) is 42. The fourth-order valence-electron chi connectivity index (χ4n) is 8.89. The molecule has 0 aromatic heterocycles. The molecule has 3 N–H and O–H groups in total. The van der Waals surface area contributed by atoms with Gasteiger partial charge in [-0.05, 0) is 12.8 Å². The number of phosphoric acid groups is 1. The van der Waals surface area contributed by atoms with Crippen molar-refractivity contribution in [3.8, 4) is 0 Å². The predicted octanol–water partition coefficient (Wildman–Crippen LogP) is 16.9. The van der Waals surface area contributed by atoms with Crippen molar-refractivity contribution in [1.82, 2.24) is 0 Å². The third-order valence-electron chi connectivity index (χ3n) is 13.3. The monoisotopic (exact) mass is 975 g/mol. The summed E-state index contributed by atoms with van der Waals surface area (Å²) in [4.78, 5) is 34.8. The molecule has 67 heavy (non-hydrogen) atoms. The lowest BCUT2D eigenvalue weighted by Crippen LogP contribution is -2.28. The highest BCUT2D eigenvalue weighted by Crippen LogP contribution is 2.43. The van der Waals surface area contributed by atoms with Crippen molar-refractivity contribution in [2.24, 2.45) is 0 Å². The number of hydrogen-bond acceptors (Lipinski definition) is 9. The number of ether oxygens (including phenoxy) is 2. The van der Waals surface area contributed by atoms with E-state index in [2.05, 4.69) is 13.8 Å². The summed E-state index contributed by atoms with van der Waals surface area (Å²) in [6, 6.07) is 0. The molecule has 0 spiro atoms. The van der Waals surface area contributed by atoms with Crippen LogP contribution in [0.25, 0.3) is 0 Å². The normalized spacial score (nSPS) is 13.4. The van der Waals surface area contributed by atoms with Gasteiger partial charge in [-0.1, -0.05) is 284 Å². The van der Waals surface area contributed by atoms with Crippen LogP contribution in [0.15, 0.2) is 0 Å². The van der Waals surface area contributed by atoms with Crippen molar-refractivity contribution < 1.29 is 47.8 Å². The molecule has 0 aromatic carbocycles. The lowest BCUT2D eigenvalue weighted by Gasteiger charge is -2.20. The first-order valence-electron chi connectivity index (χ1n) is 29.0. The Bertz CT molecular complexity index is 999. The highest BCUT2D eigenvalue weighted by atomic mass is 31.2. The number of aliphatic hydroxyl groups excluding tert-OH is 2. The van der Waals surface area contributed by atoms with Crippen LogP contribution in [0.1, 0.15) is 309 Å². The molecule has 0 aliphatic rings. The van der Waals surface area contributed by atoms with Crippen LogP contribution in [0.5, 0.6) is 0 Å². The maximum Gasteiger partial charge on any atom is 0.472 e. The minimum Gasteiger partial charge on any atom is -0.457 e. The largest absolute Gasteiger partial charge is 0.472 e. The number of rotatable bonds is 56. The summed E-state index contributed by atoms with van der Waals surface area (Å²) in [6.45, 7) is 2.31. The summed E-state index contributed by atoms with van der Waals surface area (Å²) in [5.74, 6) is -0.996. The van der Waals surface area contributed by atoms with Gasteiger partial charge < -0.3 is 24.6 Å². The number of hydrogen-bond donors (Lipinski definition) is 3. The summed E-state index contributed by atoms with van der Waals surface area (Å²) in [7, 11) is -4.64. The van der Waals surface area contributed by atoms with Crippen LogP contribution in [-0.2, 0) is 32.7 Å². The smallest absolute Gasteiger partial charge is 0.457 e. The second kappa shape index (κ2) is 52.8. The molecule has 0 radical (unpaired) electrons. The molecule has 400 valence electrons. The molecule has 0 aliphatic carbocycles. The van der Waals surface area contributed by atoms with Gasteiger partial charge in [-0.2, -0.15) is 0 Å². The molecule has 0 saturated heterocycles. The van der Waals surface area contributed by atoms with E-state index in [0.29, 0.717) is 12.8 Å². The zero-order valence-corrected chi connectivity index (χ0v) is 45.1. The third kappa shape index (κ3) is 51.1. The molecule has 0 amide bonds. The van der Waals surface area contributed by atoms with Crippen molar-refractivity contribution >= 4 is 19.8 Å². The molecule has 2 atom stereocenters. The van der Waals surface area contributed by atoms with Gasteiger partial charge >= 0.3 is 19.8 Å². The Morgan fingerprint density at radius 2 is 0.522 bits per heavy atom. The van der Waals surface area contributed by atoms with E-state index in [0.717, 1.165) is 38.5 Å². The van der Waals surface area contributed by atoms with Gasteiger partial charge in [0.25, 0.3) is 0 Å². The molecule has 10 nitrogen and oxygen atoms in total. The topological polar surface area (TPSA) is 149 Å². The Labute approximate surface area is 414 Å². The summed E-state index contributed by atoms with van der Waals surface area (Å²) < 4.78 is 32.8. The minimum absolute atomic E-state index is 0.200. The predicted molar refractivity (Wildman–Crippen MR) is 279 cm³/mol. The highest BCUT2D eigenvalue weighted by Gasteiger charge is 2.27. The average Bonchev–Trinajstić information content (AvgIpc) is 3.32. The molecule has 0 aliphatic heterocycles. The van der Waals surface area contributed by atoms with Crippen LogP contribution >= 0.6 is 7.82 Å². The molecule has 0 rings (SSSR count). The molecule has 0 saturated carbocycles. The first-order valence-corrected chi connectivity index (χ1v) is 30.5. The van der Waals surface area contributed by atoms with Gasteiger partial charge in [0.1, 0.15) is 12.2 Å². The Kier molecular flexibility index (Phi) is 52.0. The zero-order chi connectivity index (χ0) is 49.0. The number of carbonyl (C=O) groups is 2. The number of carbonyl (C=O) groups excluding carboxylic acids is 2. The summed E-state index contributed by atoms with van der Waals surface area (Å²) in [6.07, 6.45) is 55.2. The van der Waals surface area contributed by atoms with Crippen molar-refractivity contribution in [2.75, 3.05) is 26.4 Å². The van der Waals surface area contributed by atoms with Gasteiger partial charge in [0.2, 0.25) is 0 Å². The first kappa shape index (κ1) is 66.0. The molecular formula is C56H111O10P. The quantitative estimate of drug-likeness (QED) is 0.0305. The van der Waals surface area contributed by atoms with Crippen molar-refractivity contribution in [3.05, 3.63) is 0 Å². The maximum absolute atomic E-state index is 12.5. The second-order valence-corrected chi connectivity index (χ2v) is 21.5. The Balaban J connectivity index is 3.73. The lowest BCUT2D eigenvalue weighted by molar-refractivity contribution is -0.153. The number of esters is 2. The van der Waals surface area contributed by atoms with E-state index >= 15 is 0 Å². The van der Waals surface area contributed by atoms with Crippen molar-refractivity contribution in [2.45, 2.75) is 321 Å². The fraction of sp³-hybridized carbons (Fsp3) is 0.964. The Morgan fingerprint density at radius 3 is 0.701 bits per heavy atom. The standard InChI is InChI=1S/C56H111O10P/c1-3-5-7-9-11-13-15-17-19-21-23-25-27-29-31-33-35-37-39-41-43-45-47-55(59)65-53(49-57)51-63-67(61,62)64-52-54(50-58)66-56(60)48-46-44-42-40-38-36-34-32-30-28-26-24-22-20-18-16-14-12-10-8-6-4-2/h53-54,57-58H,3-52H2,1-2H3,(H,61,62). The Hall–Kier alpha value is -1.03. The third-order valence-corrected chi connectivity index (χ3v) is 14.3. The minimum atomic E-state index is -4.64. The van der Waals surface area contributed by atoms with E-state index in [1.807, 2.05) is 0 Å². The van der Waals surface area contributed by atoms with Gasteiger partial charge in [0, 0.05) is 12.8 Å². The zero-order valence-electron chi connectivity index (χ0n) is 44.2. The Morgan fingerprint density at radius 1 is 0.343 bits per heavy atom. The molecule has 2 unspecified atom stereocenters. The summed E-state index contributed by atoms with van der Waals surface area (Å²) in [5.41, 5.74) is 0. The maximum atomic E-state index is 12.5. The lowest BCUT2D eigenvalue weighted by atomic mass is 10.0. The van der Waals surface area contributed by atoms with Crippen LogP contribution in [0.3, 0.4) is 0 Å². The SMILES string of the molecule is CCCCCCCCCCCCCCCCCCCCCCCCC(=O)OC(CO)COP(=O)(O)OCC(CO)OC(=O)CCCCCCCCCCCCCCCCCCCCCCCC. The summed E-state index contributed by atoms with van der Waals surface area (Å²) >= 11 is 0. The van der Waals surface area contributed by atoms with Gasteiger partial charge in [-0.3, -0.25) is 18.6 Å². The van der Waals surface area contributed by atoms with Crippen molar-refractivity contribution in [3.63, 3.8) is 0 Å². The first-order chi connectivity index (χ1) is 32.8. The van der Waals surface area contributed by atoms with Gasteiger partial charge in [-0.25, -0.2) is 4.57 Å². The summed E-state index contributed by atoms with van der Waals surface area (Å²) in [5, 5.41) is 19.3. The van der Waals surface area contributed by atoms with Crippen LogP contribution in [0, 0.1) is 0 Å². The van der Waals surface area contributed by atoms with E-state index in [9.17, 15) is 29.3 Å². The molecular weight excluding hydrogens is 864 g/mol. The number of phosphoric ester groups is 1. The molecule has 0 bridgehead atoms. The van der Waals surface area contributed by atoms with Crippen LogP contribution in [0.2, 0.25) is 0 Å². The van der Waals surface area contributed by atoms with Gasteiger partial charge in [-0.15, -0.1) is 0 Å². The van der Waals surface area contributed by atoms with Gasteiger partial charge in [0.15, 0.2) is 0 Å². The van der Waals surface area contributed by atoms with Crippen molar-refractivity contribution in [1.29, 1.82) is 0 Å². The molecule has 0 heterocycles. The molecule has 0 fully saturated rings. The number of aliphatic hydroxyl groups is 2. The second-order valence-electron chi connectivity index (χ2n) is 20.0. The van der Waals surface area contributed by atoms with E-state index in [1.165, 1.54) is 231 Å². The van der Waals surface area contributed by atoms with Gasteiger partial charge in [0.05, 0.1) is 26.4 Å². The van der Waals surface area contributed by atoms with E-state index in [-0.39, 0.29) is 12.8 Å². The average molecular weight is 975 g/mol. The van der Waals surface area contributed by atoms with E-state index in [4.69, 9.17) is 18.5 Å². The van der Waals surface area contributed by atoms with E-state index < -0.39 is 58.4 Å².